The van der Waals surface area contributed by atoms with Crippen molar-refractivity contribution in [1.29, 1.82) is 0 Å². The molecule has 0 aliphatic carbocycles. The zero-order valence-corrected chi connectivity index (χ0v) is 11.3. The number of hydrogen-bond donors (Lipinski definition) is 1. The van der Waals surface area contributed by atoms with Gasteiger partial charge in [-0.25, -0.2) is 14.4 Å². The van der Waals surface area contributed by atoms with E-state index in [9.17, 15) is 14.5 Å². The number of nitrogens with zero attached hydrogens (tertiary/aromatic N) is 3. The molecule has 1 aromatic heterocycles. The number of nitro groups is 1. The molecule has 19 heavy (non-hydrogen) atoms. The van der Waals surface area contributed by atoms with Crippen molar-refractivity contribution in [1.82, 2.24) is 9.97 Å². The third-order valence-corrected chi connectivity index (χ3v) is 2.87. The van der Waals surface area contributed by atoms with Crippen LogP contribution < -0.4 is 5.32 Å². The van der Waals surface area contributed by atoms with Crippen molar-refractivity contribution >= 4 is 27.6 Å². The Morgan fingerprint density at radius 3 is 2.84 bits per heavy atom. The highest BCUT2D eigenvalue weighted by atomic mass is 79.9. The van der Waals surface area contributed by atoms with Gasteiger partial charge in [-0.3, -0.25) is 10.1 Å². The van der Waals surface area contributed by atoms with Crippen LogP contribution in [0.2, 0.25) is 0 Å². The summed E-state index contributed by atoms with van der Waals surface area (Å²) >= 11 is 3.20. The van der Waals surface area contributed by atoms with E-state index in [2.05, 4.69) is 31.2 Å². The van der Waals surface area contributed by atoms with E-state index < -0.39 is 10.7 Å². The summed E-state index contributed by atoms with van der Waals surface area (Å²) in [5.41, 5.74) is -0.376. The molecule has 0 bridgehead atoms. The third kappa shape index (κ3) is 2.68. The Morgan fingerprint density at radius 1 is 1.47 bits per heavy atom. The normalized spacial score (nSPS) is 10.3. The van der Waals surface area contributed by atoms with Crippen LogP contribution in [0.3, 0.4) is 0 Å². The van der Waals surface area contributed by atoms with E-state index in [1.807, 2.05) is 0 Å². The maximum Gasteiger partial charge on any atom is 0.313 e. The first-order valence-electron chi connectivity index (χ1n) is 5.17. The molecule has 0 saturated carbocycles. The summed E-state index contributed by atoms with van der Waals surface area (Å²) < 4.78 is 14.4. The number of benzene rings is 1. The number of rotatable bonds is 3. The van der Waals surface area contributed by atoms with Gasteiger partial charge < -0.3 is 5.32 Å². The van der Waals surface area contributed by atoms with Crippen molar-refractivity contribution in [2.45, 2.75) is 0 Å². The average Bonchev–Trinajstić information content (AvgIpc) is 2.40. The zero-order valence-electron chi connectivity index (χ0n) is 9.72. The Bertz CT molecular complexity index is 651. The molecule has 0 amide bonds. The fraction of sp³-hybridized carbons (Fsp3) is 0.0909. The molecule has 1 N–H and O–H groups in total. The van der Waals surface area contributed by atoms with Crippen LogP contribution in [-0.2, 0) is 0 Å². The lowest BCUT2D eigenvalue weighted by molar-refractivity contribution is -0.384. The van der Waals surface area contributed by atoms with E-state index in [4.69, 9.17) is 0 Å². The molecule has 98 valence electrons. The minimum absolute atomic E-state index is 0.0416. The van der Waals surface area contributed by atoms with Gasteiger partial charge in [0.1, 0.15) is 12.0 Å². The summed E-state index contributed by atoms with van der Waals surface area (Å²) in [6.07, 6.45) is 1.05. The summed E-state index contributed by atoms with van der Waals surface area (Å²) in [6.45, 7) is 0. The summed E-state index contributed by atoms with van der Waals surface area (Å²) in [5, 5.41) is 13.6. The van der Waals surface area contributed by atoms with E-state index >= 15 is 0 Å². The van der Waals surface area contributed by atoms with Crippen molar-refractivity contribution in [3.8, 4) is 11.3 Å². The number of anilines is 1. The van der Waals surface area contributed by atoms with Crippen molar-refractivity contribution < 1.29 is 9.31 Å². The molecule has 0 unspecified atom stereocenters. The molecule has 0 fully saturated rings. The van der Waals surface area contributed by atoms with Crippen LogP contribution in [0.5, 0.6) is 0 Å². The molecule has 8 heteroatoms. The Labute approximate surface area is 116 Å². The molecule has 0 radical (unpaired) electrons. The first-order valence-corrected chi connectivity index (χ1v) is 5.97. The lowest BCUT2D eigenvalue weighted by Gasteiger charge is -2.06. The van der Waals surface area contributed by atoms with Gasteiger partial charge in [0.25, 0.3) is 0 Å². The highest BCUT2D eigenvalue weighted by molar-refractivity contribution is 9.10. The van der Waals surface area contributed by atoms with Gasteiger partial charge in [0, 0.05) is 17.1 Å². The Hall–Kier alpha value is -2.09. The fourth-order valence-electron chi connectivity index (χ4n) is 1.51. The van der Waals surface area contributed by atoms with Crippen LogP contribution in [0, 0.1) is 15.9 Å². The van der Waals surface area contributed by atoms with Crippen molar-refractivity contribution in [3.63, 3.8) is 0 Å². The lowest BCUT2D eigenvalue weighted by Crippen LogP contribution is -2.02. The van der Waals surface area contributed by atoms with Crippen molar-refractivity contribution in [2.24, 2.45) is 0 Å². The molecule has 1 aromatic carbocycles. The molecule has 0 spiro atoms. The topological polar surface area (TPSA) is 81.0 Å². The molecule has 2 aromatic rings. The van der Waals surface area contributed by atoms with Gasteiger partial charge in [-0.15, -0.1) is 0 Å². The van der Waals surface area contributed by atoms with Crippen LogP contribution in [0.25, 0.3) is 11.3 Å². The summed E-state index contributed by atoms with van der Waals surface area (Å²) in [4.78, 5) is 18.0. The van der Waals surface area contributed by atoms with E-state index in [1.165, 1.54) is 18.2 Å². The number of halogens is 2. The molecule has 6 nitrogen and oxygen atoms in total. The molecular weight excluding hydrogens is 319 g/mol. The summed E-state index contributed by atoms with van der Waals surface area (Å²) in [7, 11) is 1.57. The van der Waals surface area contributed by atoms with Crippen molar-refractivity contribution in [3.05, 3.63) is 44.8 Å². The Balaban J connectivity index is 2.71. The molecule has 0 aliphatic rings. The van der Waals surface area contributed by atoms with E-state index in [1.54, 1.807) is 7.05 Å². The van der Waals surface area contributed by atoms with Gasteiger partial charge in [0.2, 0.25) is 5.95 Å². The minimum Gasteiger partial charge on any atom is -0.357 e. The van der Waals surface area contributed by atoms with E-state index in [0.717, 1.165) is 6.20 Å². The first-order chi connectivity index (χ1) is 9.02. The number of aromatic nitrogens is 2. The molecular formula is C11H8BrFN4O2. The van der Waals surface area contributed by atoms with Gasteiger partial charge in [-0.2, -0.15) is 0 Å². The van der Waals surface area contributed by atoms with Crippen LogP contribution >= 0.6 is 15.9 Å². The minimum atomic E-state index is -0.644. The standard InChI is InChI=1S/C11H8BrFN4O2/c1-14-11-15-5-9(17(18)19)10(16-11)7-4-6(12)2-3-8(7)13/h2-5H,1H3,(H,14,15,16). The van der Waals surface area contributed by atoms with Crippen LogP contribution in [0.1, 0.15) is 0 Å². The van der Waals surface area contributed by atoms with Crippen molar-refractivity contribution in [2.75, 3.05) is 12.4 Å². The quantitative estimate of drug-likeness (QED) is 0.692. The van der Waals surface area contributed by atoms with Crippen LogP contribution in [0.4, 0.5) is 16.0 Å². The zero-order chi connectivity index (χ0) is 14.0. The van der Waals surface area contributed by atoms with Gasteiger partial charge >= 0.3 is 5.69 Å². The van der Waals surface area contributed by atoms with Gasteiger partial charge in [-0.05, 0) is 18.2 Å². The van der Waals surface area contributed by atoms with Gasteiger partial charge in [0.15, 0.2) is 5.69 Å². The summed E-state index contributed by atoms with van der Waals surface area (Å²) in [5.74, 6) is -0.410. The third-order valence-electron chi connectivity index (χ3n) is 2.37. The summed E-state index contributed by atoms with van der Waals surface area (Å²) in [6, 6.07) is 4.15. The maximum atomic E-state index is 13.8. The largest absolute Gasteiger partial charge is 0.357 e. The maximum absolute atomic E-state index is 13.8. The Morgan fingerprint density at radius 2 is 2.21 bits per heavy atom. The predicted octanol–water partition coefficient (Wildman–Crippen LogP) is 3.00. The monoisotopic (exact) mass is 326 g/mol. The molecule has 2 rings (SSSR count). The lowest BCUT2D eigenvalue weighted by atomic mass is 10.1. The fourth-order valence-corrected chi connectivity index (χ4v) is 1.87. The van der Waals surface area contributed by atoms with Crippen LogP contribution in [-0.4, -0.2) is 21.9 Å². The van der Waals surface area contributed by atoms with E-state index in [-0.39, 0.29) is 22.9 Å². The predicted molar refractivity (Wildman–Crippen MR) is 71.3 cm³/mol. The SMILES string of the molecule is CNc1ncc([N+](=O)[O-])c(-c2cc(Br)ccc2F)n1. The average molecular weight is 327 g/mol. The molecule has 1 heterocycles. The second-order valence-corrected chi connectivity index (χ2v) is 4.47. The molecule has 0 atom stereocenters. The number of nitrogens with one attached hydrogen (secondary N) is 1. The highest BCUT2D eigenvalue weighted by Crippen LogP contribution is 2.31. The van der Waals surface area contributed by atoms with Crippen LogP contribution in [0.15, 0.2) is 28.9 Å². The highest BCUT2D eigenvalue weighted by Gasteiger charge is 2.21. The molecule has 0 aliphatic heterocycles. The van der Waals surface area contributed by atoms with Gasteiger partial charge in [-0.1, -0.05) is 15.9 Å². The Kier molecular flexibility index (Phi) is 3.70. The first kappa shape index (κ1) is 13.3. The smallest absolute Gasteiger partial charge is 0.313 e. The number of hydrogen-bond acceptors (Lipinski definition) is 5. The van der Waals surface area contributed by atoms with E-state index in [0.29, 0.717) is 4.47 Å². The second-order valence-electron chi connectivity index (χ2n) is 3.56. The second kappa shape index (κ2) is 5.27. The molecule has 0 saturated heterocycles. The van der Waals surface area contributed by atoms with Gasteiger partial charge in [0.05, 0.1) is 4.92 Å².